The van der Waals surface area contributed by atoms with Gasteiger partial charge in [0.25, 0.3) is 11.6 Å². The van der Waals surface area contributed by atoms with Gasteiger partial charge in [0.1, 0.15) is 5.69 Å². The number of nitrogens with one attached hydrogen (secondary N) is 1. The third kappa shape index (κ3) is 5.40. The number of benzene rings is 1. The topological polar surface area (TPSA) is 115 Å². The van der Waals surface area contributed by atoms with Gasteiger partial charge >= 0.3 is 0 Å². The molecule has 3 heterocycles. The van der Waals surface area contributed by atoms with Crippen LogP contribution in [0.4, 0.5) is 16.5 Å². The van der Waals surface area contributed by atoms with Gasteiger partial charge in [-0.15, -0.1) is 11.3 Å². The Morgan fingerprint density at radius 1 is 1.03 bits per heavy atom. The van der Waals surface area contributed by atoms with Crippen molar-refractivity contribution in [2.24, 2.45) is 0 Å². The minimum Gasteiger partial charge on any atom is -0.368 e. The van der Waals surface area contributed by atoms with E-state index in [9.17, 15) is 19.7 Å². The molecule has 1 aromatic heterocycles. The molecule has 4 rings (SSSR count). The fourth-order valence-corrected chi connectivity index (χ4v) is 4.69. The van der Waals surface area contributed by atoms with Crippen LogP contribution in [0.3, 0.4) is 0 Å². The molecule has 0 radical (unpaired) electrons. The molecule has 0 atom stereocenters. The SMILES string of the molecule is CNc1nc(C(=O)N2CCN(CC(=O)N3CCN(c4ccc([N+](=O)[O-])cc4)CC3)CC2)cs1. The van der Waals surface area contributed by atoms with Crippen LogP contribution in [-0.4, -0.2) is 102 Å². The maximum Gasteiger partial charge on any atom is 0.273 e. The van der Waals surface area contributed by atoms with Gasteiger partial charge < -0.3 is 20.0 Å². The Balaban J connectivity index is 1.21. The fourth-order valence-electron chi connectivity index (χ4n) is 4.05. The smallest absolute Gasteiger partial charge is 0.273 e. The maximum absolute atomic E-state index is 12.8. The molecule has 176 valence electrons. The molecular weight excluding hydrogens is 446 g/mol. The minimum absolute atomic E-state index is 0.0684. The first kappa shape index (κ1) is 22.9. The third-order valence-electron chi connectivity index (χ3n) is 6.01. The van der Waals surface area contributed by atoms with Crippen LogP contribution in [0.2, 0.25) is 0 Å². The van der Waals surface area contributed by atoms with E-state index in [0.717, 1.165) is 10.8 Å². The van der Waals surface area contributed by atoms with E-state index in [2.05, 4.69) is 20.1 Å². The van der Waals surface area contributed by atoms with Gasteiger partial charge in [-0.25, -0.2) is 4.98 Å². The van der Waals surface area contributed by atoms with Crippen molar-refractivity contribution >= 4 is 39.7 Å². The molecule has 1 aromatic carbocycles. The van der Waals surface area contributed by atoms with Gasteiger partial charge in [-0.05, 0) is 12.1 Å². The van der Waals surface area contributed by atoms with Crippen LogP contribution in [0, 0.1) is 10.1 Å². The molecule has 2 aliphatic heterocycles. The van der Waals surface area contributed by atoms with Crippen LogP contribution < -0.4 is 10.2 Å². The predicted octanol–water partition coefficient (Wildman–Crippen LogP) is 1.20. The molecule has 11 nitrogen and oxygen atoms in total. The number of hydrogen-bond donors (Lipinski definition) is 1. The summed E-state index contributed by atoms with van der Waals surface area (Å²) in [5.41, 5.74) is 1.46. The summed E-state index contributed by atoms with van der Waals surface area (Å²) in [7, 11) is 1.78. The number of piperazine rings is 2. The van der Waals surface area contributed by atoms with E-state index in [1.807, 2.05) is 4.90 Å². The number of hydrogen-bond acceptors (Lipinski definition) is 9. The molecule has 2 aromatic rings. The largest absolute Gasteiger partial charge is 0.368 e. The van der Waals surface area contributed by atoms with E-state index < -0.39 is 4.92 Å². The fraction of sp³-hybridized carbons (Fsp3) is 0.476. The van der Waals surface area contributed by atoms with Crippen molar-refractivity contribution < 1.29 is 14.5 Å². The lowest BCUT2D eigenvalue weighted by atomic mass is 10.2. The first-order chi connectivity index (χ1) is 15.9. The molecule has 0 aliphatic carbocycles. The molecule has 1 N–H and O–H groups in total. The summed E-state index contributed by atoms with van der Waals surface area (Å²) < 4.78 is 0. The third-order valence-corrected chi connectivity index (χ3v) is 6.87. The quantitative estimate of drug-likeness (QED) is 0.492. The van der Waals surface area contributed by atoms with Gasteiger partial charge in [-0.3, -0.25) is 24.6 Å². The number of thiazole rings is 1. The molecule has 33 heavy (non-hydrogen) atoms. The van der Waals surface area contributed by atoms with Crippen LogP contribution >= 0.6 is 11.3 Å². The Morgan fingerprint density at radius 2 is 1.67 bits per heavy atom. The van der Waals surface area contributed by atoms with Gasteiger partial charge in [0.15, 0.2) is 5.13 Å². The van der Waals surface area contributed by atoms with Crippen molar-refractivity contribution in [2.75, 3.05) is 76.2 Å². The van der Waals surface area contributed by atoms with Crippen molar-refractivity contribution in [1.29, 1.82) is 0 Å². The Labute approximate surface area is 195 Å². The van der Waals surface area contributed by atoms with E-state index >= 15 is 0 Å². The first-order valence-electron chi connectivity index (χ1n) is 10.9. The number of carbonyl (C=O) groups is 2. The van der Waals surface area contributed by atoms with Crippen LogP contribution in [0.25, 0.3) is 0 Å². The Morgan fingerprint density at radius 3 is 2.24 bits per heavy atom. The summed E-state index contributed by atoms with van der Waals surface area (Å²) in [5, 5.41) is 16.2. The molecule has 2 aliphatic rings. The molecular formula is C21H27N7O4S. The number of carbonyl (C=O) groups excluding carboxylic acids is 2. The Hall–Kier alpha value is -3.25. The maximum atomic E-state index is 12.8. The summed E-state index contributed by atoms with van der Waals surface area (Å²) in [4.78, 5) is 48.0. The average Bonchev–Trinajstić information content (AvgIpc) is 3.34. The zero-order valence-electron chi connectivity index (χ0n) is 18.5. The number of anilines is 2. The summed E-state index contributed by atoms with van der Waals surface area (Å²) in [5.74, 6) is 0.0254. The highest BCUT2D eigenvalue weighted by Crippen LogP contribution is 2.21. The van der Waals surface area contributed by atoms with Gasteiger partial charge in [-0.1, -0.05) is 0 Å². The first-order valence-corrected chi connectivity index (χ1v) is 11.7. The monoisotopic (exact) mass is 473 g/mol. The van der Waals surface area contributed by atoms with Crippen molar-refractivity contribution in [3.63, 3.8) is 0 Å². The van der Waals surface area contributed by atoms with Crippen LogP contribution in [0.5, 0.6) is 0 Å². The molecule has 0 unspecified atom stereocenters. The number of nitro benzene ring substituents is 1. The van der Waals surface area contributed by atoms with Crippen molar-refractivity contribution in [2.45, 2.75) is 0 Å². The van der Waals surface area contributed by atoms with Crippen molar-refractivity contribution in [1.82, 2.24) is 19.7 Å². The zero-order chi connectivity index (χ0) is 23.4. The van der Waals surface area contributed by atoms with Crippen molar-refractivity contribution in [3.8, 4) is 0 Å². The standard InChI is InChI=1S/C21H27N7O4S/c1-22-21-23-18(15-33-21)20(30)27-8-6-24(7-9-27)14-19(29)26-12-10-25(11-13-26)16-2-4-17(5-3-16)28(31)32/h2-5,15H,6-14H2,1H3,(H,22,23). The number of rotatable bonds is 6. The molecule has 2 fully saturated rings. The molecule has 0 spiro atoms. The summed E-state index contributed by atoms with van der Waals surface area (Å²) >= 11 is 1.41. The number of nitro groups is 1. The average molecular weight is 474 g/mol. The lowest BCUT2D eigenvalue weighted by Gasteiger charge is -2.38. The highest BCUT2D eigenvalue weighted by Gasteiger charge is 2.27. The zero-order valence-corrected chi connectivity index (χ0v) is 19.3. The van der Waals surface area contributed by atoms with Gasteiger partial charge in [-0.2, -0.15) is 0 Å². The highest BCUT2D eigenvalue weighted by molar-refractivity contribution is 7.13. The van der Waals surface area contributed by atoms with Crippen LogP contribution in [0.15, 0.2) is 29.6 Å². The van der Waals surface area contributed by atoms with Crippen LogP contribution in [0.1, 0.15) is 10.5 Å². The van der Waals surface area contributed by atoms with Crippen molar-refractivity contribution in [3.05, 3.63) is 45.5 Å². The molecule has 12 heteroatoms. The number of non-ortho nitro benzene ring substituents is 1. The molecule has 2 amide bonds. The summed E-state index contributed by atoms with van der Waals surface area (Å²) in [6, 6.07) is 6.51. The highest BCUT2D eigenvalue weighted by atomic mass is 32.1. The van der Waals surface area contributed by atoms with Gasteiger partial charge in [0.2, 0.25) is 5.91 Å². The van der Waals surface area contributed by atoms with Crippen LogP contribution in [-0.2, 0) is 4.79 Å². The number of aromatic nitrogens is 1. The van der Waals surface area contributed by atoms with Gasteiger partial charge in [0, 0.05) is 82.6 Å². The van der Waals surface area contributed by atoms with E-state index in [1.54, 1.807) is 29.5 Å². The lowest BCUT2D eigenvalue weighted by molar-refractivity contribution is -0.384. The Kier molecular flexibility index (Phi) is 7.04. The van der Waals surface area contributed by atoms with E-state index in [4.69, 9.17) is 0 Å². The second-order valence-electron chi connectivity index (χ2n) is 8.00. The molecule has 0 bridgehead atoms. The van der Waals surface area contributed by atoms with E-state index in [-0.39, 0.29) is 17.5 Å². The summed E-state index contributed by atoms with van der Waals surface area (Å²) in [6.07, 6.45) is 0. The second-order valence-corrected chi connectivity index (χ2v) is 8.86. The van der Waals surface area contributed by atoms with E-state index in [1.165, 1.54) is 23.5 Å². The minimum atomic E-state index is -0.408. The molecule has 0 saturated carbocycles. The summed E-state index contributed by atoms with van der Waals surface area (Å²) in [6.45, 7) is 5.42. The normalized spacial score (nSPS) is 17.2. The number of nitrogens with zero attached hydrogens (tertiary/aromatic N) is 6. The van der Waals surface area contributed by atoms with E-state index in [0.29, 0.717) is 64.6 Å². The van der Waals surface area contributed by atoms with Gasteiger partial charge in [0.05, 0.1) is 11.5 Å². The number of amides is 2. The second kappa shape index (κ2) is 10.1. The Bertz CT molecular complexity index is 996. The molecule has 2 saturated heterocycles. The predicted molar refractivity (Wildman–Crippen MR) is 126 cm³/mol. The lowest BCUT2D eigenvalue weighted by Crippen LogP contribution is -2.54.